The molecule has 0 aliphatic rings. The normalized spacial score (nSPS) is 13.0. The maximum absolute atomic E-state index is 12.8. The molecule has 38 heavy (non-hydrogen) atoms. The maximum atomic E-state index is 12.8. The predicted octanol–water partition coefficient (Wildman–Crippen LogP) is 7.72. The van der Waals surface area contributed by atoms with Crippen molar-refractivity contribution in [3.05, 3.63) is 83.9 Å². The topological polar surface area (TPSA) is 75.6 Å². The highest BCUT2D eigenvalue weighted by molar-refractivity contribution is 5.96. The number of ether oxygens (including phenoxy) is 1. The van der Waals surface area contributed by atoms with Gasteiger partial charge in [-0.25, -0.2) is 0 Å². The highest BCUT2D eigenvalue weighted by Gasteiger charge is 2.30. The molecule has 8 heteroatoms. The lowest BCUT2D eigenvalue weighted by molar-refractivity contribution is -0.138. The van der Waals surface area contributed by atoms with Crippen LogP contribution in [-0.2, 0) is 11.0 Å². The Kier molecular flexibility index (Phi) is 9.93. The molecule has 0 bridgehead atoms. The number of benzene rings is 3. The van der Waals surface area contributed by atoms with Gasteiger partial charge in [0.05, 0.1) is 11.6 Å². The second kappa shape index (κ2) is 13.1. The number of carboxylic acids is 1. The second-order valence-electron chi connectivity index (χ2n) is 9.29. The third-order valence-corrected chi connectivity index (χ3v) is 6.51. The summed E-state index contributed by atoms with van der Waals surface area (Å²) in [4.78, 5) is 22.9. The number of alkyl halides is 3. The first-order valence-electron chi connectivity index (χ1n) is 12.6. The Hall–Kier alpha value is -3.81. The van der Waals surface area contributed by atoms with Crippen molar-refractivity contribution in [2.75, 3.05) is 11.9 Å². The van der Waals surface area contributed by atoms with Crippen LogP contribution in [0.15, 0.2) is 72.8 Å². The predicted molar refractivity (Wildman–Crippen MR) is 141 cm³/mol. The van der Waals surface area contributed by atoms with E-state index in [1.54, 1.807) is 24.3 Å². The van der Waals surface area contributed by atoms with Gasteiger partial charge in [-0.1, -0.05) is 44.5 Å². The van der Waals surface area contributed by atoms with E-state index in [1.807, 2.05) is 24.3 Å². The molecule has 5 nitrogen and oxygen atoms in total. The van der Waals surface area contributed by atoms with Crippen molar-refractivity contribution in [3.63, 3.8) is 0 Å². The molecular weight excluding hydrogens is 495 g/mol. The second-order valence-corrected chi connectivity index (χ2v) is 9.29. The number of ketones is 1. The molecule has 0 saturated heterocycles. The van der Waals surface area contributed by atoms with Gasteiger partial charge >= 0.3 is 12.1 Å². The van der Waals surface area contributed by atoms with Crippen molar-refractivity contribution in [1.29, 1.82) is 0 Å². The number of halogens is 3. The smallest absolute Gasteiger partial charge is 0.416 e. The van der Waals surface area contributed by atoms with E-state index in [-0.39, 0.29) is 24.7 Å². The number of Topliss-reactive ketones (excluding diaryl/α,β-unsaturated/α-hetero) is 1. The van der Waals surface area contributed by atoms with Gasteiger partial charge in [0.2, 0.25) is 0 Å². The van der Waals surface area contributed by atoms with Gasteiger partial charge < -0.3 is 15.2 Å². The molecule has 3 rings (SSSR count). The lowest BCUT2D eigenvalue weighted by Gasteiger charge is -2.25. The molecule has 2 atom stereocenters. The van der Waals surface area contributed by atoms with Crippen molar-refractivity contribution < 1.29 is 32.6 Å². The molecule has 0 spiro atoms. The van der Waals surface area contributed by atoms with Gasteiger partial charge in [0.1, 0.15) is 12.4 Å². The van der Waals surface area contributed by atoms with E-state index >= 15 is 0 Å². The summed E-state index contributed by atoms with van der Waals surface area (Å²) in [5, 5.41) is 12.2. The fraction of sp³-hybridized carbons (Fsp3) is 0.333. The van der Waals surface area contributed by atoms with Crippen LogP contribution in [0.2, 0.25) is 0 Å². The number of hydrogen-bond donors (Lipinski definition) is 2. The molecule has 0 aliphatic carbocycles. The summed E-state index contributed by atoms with van der Waals surface area (Å²) in [6.07, 6.45) is -2.96. The number of anilines is 1. The van der Waals surface area contributed by atoms with E-state index in [9.17, 15) is 22.8 Å². The van der Waals surface area contributed by atoms with Crippen LogP contribution in [0.1, 0.15) is 55.5 Å². The molecule has 0 amide bonds. The van der Waals surface area contributed by atoms with Crippen LogP contribution in [0, 0.1) is 5.92 Å². The molecule has 0 saturated carbocycles. The van der Waals surface area contributed by atoms with E-state index in [2.05, 4.69) is 19.2 Å². The van der Waals surface area contributed by atoms with Gasteiger partial charge in [0, 0.05) is 24.1 Å². The van der Waals surface area contributed by atoms with E-state index < -0.39 is 17.7 Å². The number of rotatable bonds is 13. The zero-order valence-electron chi connectivity index (χ0n) is 21.4. The zero-order valence-corrected chi connectivity index (χ0v) is 21.4. The highest BCUT2D eigenvalue weighted by atomic mass is 19.4. The third kappa shape index (κ3) is 8.36. The van der Waals surface area contributed by atoms with Gasteiger partial charge in [-0.15, -0.1) is 0 Å². The molecule has 0 fully saturated rings. The molecule has 3 aromatic rings. The van der Waals surface area contributed by atoms with E-state index in [0.29, 0.717) is 35.8 Å². The Bertz CT molecular complexity index is 1190. The Balaban J connectivity index is 1.58. The van der Waals surface area contributed by atoms with E-state index in [4.69, 9.17) is 9.84 Å². The Labute approximate surface area is 220 Å². The average molecular weight is 528 g/mol. The van der Waals surface area contributed by atoms with Crippen LogP contribution in [-0.4, -0.2) is 29.5 Å². The lowest BCUT2D eigenvalue weighted by atomic mass is 9.99. The number of hydrogen-bond acceptors (Lipinski definition) is 4. The van der Waals surface area contributed by atoms with Crippen LogP contribution >= 0.6 is 0 Å². The molecule has 2 N–H and O–H groups in total. The summed E-state index contributed by atoms with van der Waals surface area (Å²) in [5.74, 6) is -0.0538. The van der Waals surface area contributed by atoms with Gasteiger partial charge in [-0.2, -0.15) is 13.2 Å². The minimum Gasteiger partial charge on any atom is -0.491 e. The van der Waals surface area contributed by atoms with Crippen LogP contribution in [0.25, 0.3) is 11.1 Å². The van der Waals surface area contributed by atoms with Crippen molar-refractivity contribution in [2.45, 2.75) is 51.7 Å². The first-order valence-corrected chi connectivity index (χ1v) is 12.6. The summed E-state index contributed by atoms with van der Waals surface area (Å²) in [6, 6.07) is 19.4. The lowest BCUT2D eigenvalue weighted by Crippen LogP contribution is -2.33. The van der Waals surface area contributed by atoms with Crippen molar-refractivity contribution in [3.8, 4) is 16.9 Å². The molecular formula is C30H32F3NO4. The van der Waals surface area contributed by atoms with Gasteiger partial charge in [-0.05, 0) is 72.0 Å². The zero-order chi connectivity index (χ0) is 27.7. The first kappa shape index (κ1) is 28.8. The molecule has 202 valence electrons. The summed E-state index contributed by atoms with van der Waals surface area (Å²) >= 11 is 0. The first-order chi connectivity index (χ1) is 18.1. The van der Waals surface area contributed by atoms with Crippen molar-refractivity contribution in [2.24, 2.45) is 5.92 Å². The largest absolute Gasteiger partial charge is 0.491 e. The van der Waals surface area contributed by atoms with Crippen LogP contribution < -0.4 is 10.1 Å². The number of nitrogens with one attached hydrogen (secondary N) is 1. The Morgan fingerprint density at radius 1 is 0.895 bits per heavy atom. The Morgan fingerprint density at radius 3 is 2.00 bits per heavy atom. The van der Waals surface area contributed by atoms with Crippen LogP contribution in [0.3, 0.4) is 0 Å². The molecule has 0 radical (unpaired) electrons. The highest BCUT2D eigenvalue weighted by Crippen LogP contribution is 2.31. The Morgan fingerprint density at radius 2 is 1.47 bits per heavy atom. The minimum absolute atomic E-state index is 0.00768. The van der Waals surface area contributed by atoms with E-state index in [0.717, 1.165) is 29.8 Å². The van der Waals surface area contributed by atoms with E-state index in [1.165, 1.54) is 12.1 Å². The maximum Gasteiger partial charge on any atom is 0.416 e. The quantitative estimate of drug-likeness (QED) is 0.223. The number of aliphatic carboxylic acids is 1. The molecule has 1 unspecified atom stereocenters. The SMILES string of the molecule is CCC(C)[C@@H](COc1ccc(-c2ccc(C(F)(F)F)cc2)cc1)Nc1ccc(C(=O)CCCC(=O)O)cc1. The molecule has 0 aliphatic heterocycles. The number of carboxylic acid groups (broad SMARTS) is 1. The monoisotopic (exact) mass is 527 g/mol. The van der Waals surface area contributed by atoms with Gasteiger partial charge in [0.15, 0.2) is 5.78 Å². The fourth-order valence-corrected chi connectivity index (χ4v) is 3.92. The summed E-state index contributed by atoms with van der Waals surface area (Å²) < 4.78 is 44.4. The van der Waals surface area contributed by atoms with Crippen LogP contribution in [0.5, 0.6) is 5.75 Å². The fourth-order valence-electron chi connectivity index (χ4n) is 3.92. The molecule has 0 aromatic heterocycles. The van der Waals surface area contributed by atoms with Gasteiger partial charge in [0.25, 0.3) is 0 Å². The van der Waals surface area contributed by atoms with Crippen molar-refractivity contribution in [1.82, 2.24) is 0 Å². The molecule has 0 heterocycles. The number of carbonyl (C=O) groups excluding carboxylic acids is 1. The summed E-state index contributed by atoms with van der Waals surface area (Å²) in [6.45, 7) is 4.61. The minimum atomic E-state index is -4.36. The summed E-state index contributed by atoms with van der Waals surface area (Å²) in [5.41, 5.74) is 2.19. The van der Waals surface area contributed by atoms with Gasteiger partial charge in [-0.3, -0.25) is 9.59 Å². The standard InChI is InChI=1S/C30H32F3NO4/c1-3-20(2)27(34-25-15-9-23(10-16-25)28(35)5-4-6-29(36)37)19-38-26-17-11-22(12-18-26)21-7-13-24(14-8-21)30(31,32)33/h7-18,20,27,34H,3-6,19H2,1-2H3,(H,36,37)/t20?,27-/m1/s1. The summed E-state index contributed by atoms with van der Waals surface area (Å²) in [7, 11) is 0. The third-order valence-electron chi connectivity index (χ3n) is 6.51. The van der Waals surface area contributed by atoms with Crippen LogP contribution in [0.4, 0.5) is 18.9 Å². The molecule has 3 aromatic carbocycles. The number of carbonyl (C=O) groups is 2. The van der Waals surface area contributed by atoms with Crippen molar-refractivity contribution >= 4 is 17.4 Å². The average Bonchev–Trinajstić information content (AvgIpc) is 2.90.